The van der Waals surface area contributed by atoms with Gasteiger partial charge in [0.15, 0.2) is 0 Å². The van der Waals surface area contributed by atoms with Gasteiger partial charge in [-0.1, -0.05) is 18.2 Å². The zero-order valence-corrected chi connectivity index (χ0v) is 11.4. The van der Waals surface area contributed by atoms with E-state index < -0.39 is 5.97 Å². The lowest BCUT2D eigenvalue weighted by molar-refractivity contribution is -0.136. The molecule has 0 radical (unpaired) electrons. The topological polar surface area (TPSA) is 61.5 Å². The van der Waals surface area contributed by atoms with E-state index in [1.807, 2.05) is 0 Å². The predicted octanol–water partition coefficient (Wildman–Crippen LogP) is 3.09. The molecule has 0 spiro atoms. The summed E-state index contributed by atoms with van der Waals surface area (Å²) in [6.45, 7) is 0. The minimum atomic E-state index is -0.619. The minimum Gasteiger partial charge on any atom is -0.464 e. The molecule has 0 aromatic heterocycles. The number of rotatable bonds is 4. The second-order valence-corrected chi connectivity index (χ2v) is 4.19. The van der Waals surface area contributed by atoms with Gasteiger partial charge in [-0.25, -0.2) is 9.18 Å². The van der Waals surface area contributed by atoms with Crippen LogP contribution in [0.5, 0.6) is 11.5 Å². The van der Waals surface area contributed by atoms with E-state index in [1.165, 1.54) is 37.5 Å². The molecule has 0 aliphatic heterocycles. The zero-order chi connectivity index (χ0) is 15.2. The van der Waals surface area contributed by atoms with E-state index in [2.05, 4.69) is 4.74 Å². The molecule has 108 valence electrons. The van der Waals surface area contributed by atoms with Gasteiger partial charge in [-0.2, -0.15) is 0 Å². The molecule has 2 rings (SSSR count). The molecule has 0 saturated carbocycles. The number of hydrogen-bond donors (Lipinski definition) is 1. The fourth-order valence-electron chi connectivity index (χ4n) is 1.67. The summed E-state index contributed by atoms with van der Waals surface area (Å²) in [6.07, 6.45) is 1.46. The van der Waals surface area contributed by atoms with Crippen molar-refractivity contribution in [1.82, 2.24) is 0 Å². The van der Waals surface area contributed by atoms with Crippen molar-refractivity contribution >= 4 is 12.0 Å². The Morgan fingerprint density at radius 3 is 2.48 bits per heavy atom. The van der Waals surface area contributed by atoms with E-state index in [4.69, 9.17) is 10.5 Å². The Balaban J connectivity index is 2.29. The third-order valence-electron chi connectivity index (χ3n) is 2.69. The molecule has 0 atom stereocenters. The SMILES string of the molecule is COC(=O)/C(N)=C/c1ccccc1Oc1ccc(F)cc1. The van der Waals surface area contributed by atoms with E-state index in [0.717, 1.165) is 0 Å². The maximum Gasteiger partial charge on any atom is 0.353 e. The van der Waals surface area contributed by atoms with Crippen molar-refractivity contribution in [3.05, 3.63) is 65.6 Å². The predicted molar refractivity (Wildman–Crippen MR) is 77.1 cm³/mol. The third kappa shape index (κ3) is 3.82. The van der Waals surface area contributed by atoms with Crippen molar-refractivity contribution in [2.24, 2.45) is 5.73 Å². The Hall–Kier alpha value is -2.82. The first-order chi connectivity index (χ1) is 10.1. The Kier molecular flexibility index (Phi) is 4.56. The van der Waals surface area contributed by atoms with E-state index in [1.54, 1.807) is 24.3 Å². The van der Waals surface area contributed by atoms with Crippen LogP contribution in [0.2, 0.25) is 0 Å². The summed E-state index contributed by atoms with van der Waals surface area (Å²) < 4.78 is 23.1. The van der Waals surface area contributed by atoms with Crippen LogP contribution in [0.15, 0.2) is 54.2 Å². The van der Waals surface area contributed by atoms with Gasteiger partial charge >= 0.3 is 5.97 Å². The van der Waals surface area contributed by atoms with Gasteiger partial charge < -0.3 is 15.2 Å². The van der Waals surface area contributed by atoms with Gasteiger partial charge in [0.05, 0.1) is 7.11 Å². The van der Waals surface area contributed by atoms with Crippen molar-refractivity contribution in [3.8, 4) is 11.5 Å². The van der Waals surface area contributed by atoms with Gasteiger partial charge in [-0.3, -0.25) is 0 Å². The van der Waals surface area contributed by atoms with Crippen molar-refractivity contribution < 1.29 is 18.7 Å². The Morgan fingerprint density at radius 2 is 1.81 bits per heavy atom. The van der Waals surface area contributed by atoms with Crippen LogP contribution in [0.1, 0.15) is 5.56 Å². The minimum absolute atomic E-state index is 0.0346. The van der Waals surface area contributed by atoms with Crippen LogP contribution < -0.4 is 10.5 Å². The van der Waals surface area contributed by atoms with Gasteiger partial charge in [-0.15, -0.1) is 0 Å². The normalized spacial score (nSPS) is 11.0. The van der Waals surface area contributed by atoms with Crippen molar-refractivity contribution in [2.45, 2.75) is 0 Å². The number of methoxy groups -OCH3 is 1. The molecule has 0 unspecified atom stereocenters. The van der Waals surface area contributed by atoms with Crippen LogP contribution in [0, 0.1) is 5.82 Å². The lowest BCUT2D eigenvalue weighted by Gasteiger charge is -2.09. The number of halogens is 1. The average Bonchev–Trinajstić information content (AvgIpc) is 2.50. The first kappa shape index (κ1) is 14.6. The molecule has 0 aliphatic rings. The highest BCUT2D eigenvalue weighted by atomic mass is 19.1. The van der Waals surface area contributed by atoms with Gasteiger partial charge in [0.25, 0.3) is 0 Å². The molecular weight excluding hydrogens is 273 g/mol. The standard InChI is InChI=1S/C16H14FNO3/c1-20-16(19)14(18)10-11-4-2-3-5-15(11)21-13-8-6-12(17)7-9-13/h2-10H,18H2,1H3/b14-10-. The monoisotopic (exact) mass is 287 g/mol. The number of hydrogen-bond acceptors (Lipinski definition) is 4. The number of benzene rings is 2. The van der Waals surface area contributed by atoms with E-state index in [0.29, 0.717) is 17.1 Å². The summed E-state index contributed by atoms with van der Waals surface area (Å²) in [7, 11) is 1.25. The molecule has 2 N–H and O–H groups in total. The third-order valence-corrected chi connectivity index (χ3v) is 2.69. The van der Waals surface area contributed by atoms with Crippen LogP contribution >= 0.6 is 0 Å². The highest BCUT2D eigenvalue weighted by Gasteiger charge is 2.08. The number of carbonyl (C=O) groups is 1. The Bertz CT molecular complexity index is 665. The number of para-hydroxylation sites is 1. The van der Waals surface area contributed by atoms with Crippen molar-refractivity contribution in [1.29, 1.82) is 0 Å². The molecule has 0 bridgehead atoms. The summed E-state index contributed by atoms with van der Waals surface area (Å²) in [4.78, 5) is 11.3. The molecule has 4 nitrogen and oxygen atoms in total. The van der Waals surface area contributed by atoms with E-state index in [-0.39, 0.29) is 11.5 Å². The van der Waals surface area contributed by atoms with Crippen LogP contribution in [-0.2, 0) is 9.53 Å². The van der Waals surface area contributed by atoms with Crippen LogP contribution in [0.25, 0.3) is 6.08 Å². The number of nitrogens with two attached hydrogens (primary N) is 1. The first-order valence-corrected chi connectivity index (χ1v) is 6.18. The highest BCUT2D eigenvalue weighted by Crippen LogP contribution is 2.26. The number of carbonyl (C=O) groups excluding carboxylic acids is 1. The molecule has 0 fully saturated rings. The maximum absolute atomic E-state index is 12.9. The van der Waals surface area contributed by atoms with E-state index in [9.17, 15) is 9.18 Å². The van der Waals surface area contributed by atoms with Crippen molar-refractivity contribution in [2.75, 3.05) is 7.11 Å². The molecule has 0 saturated heterocycles. The Morgan fingerprint density at radius 1 is 1.14 bits per heavy atom. The summed E-state index contributed by atoms with van der Waals surface area (Å²) >= 11 is 0. The first-order valence-electron chi connectivity index (χ1n) is 6.18. The smallest absolute Gasteiger partial charge is 0.353 e. The number of ether oxygens (including phenoxy) is 2. The number of esters is 1. The Labute approximate surface area is 121 Å². The van der Waals surface area contributed by atoms with E-state index >= 15 is 0 Å². The van der Waals surface area contributed by atoms with Gasteiger partial charge in [0, 0.05) is 5.56 Å². The quantitative estimate of drug-likeness (QED) is 0.693. The molecule has 21 heavy (non-hydrogen) atoms. The molecule has 0 amide bonds. The van der Waals surface area contributed by atoms with Gasteiger partial charge in [0.1, 0.15) is 23.0 Å². The summed E-state index contributed by atoms with van der Waals surface area (Å²) in [5.41, 5.74) is 6.20. The maximum atomic E-state index is 12.9. The highest BCUT2D eigenvalue weighted by molar-refractivity contribution is 5.92. The second kappa shape index (κ2) is 6.56. The lowest BCUT2D eigenvalue weighted by Crippen LogP contribution is -2.12. The zero-order valence-electron chi connectivity index (χ0n) is 11.4. The van der Waals surface area contributed by atoms with Crippen LogP contribution in [0.4, 0.5) is 4.39 Å². The summed E-state index contributed by atoms with van der Waals surface area (Å²) in [6, 6.07) is 12.7. The fourth-order valence-corrected chi connectivity index (χ4v) is 1.67. The molecule has 5 heteroatoms. The molecule has 0 heterocycles. The molecule has 2 aromatic rings. The molecule has 2 aromatic carbocycles. The summed E-state index contributed by atoms with van der Waals surface area (Å²) in [5, 5.41) is 0. The summed E-state index contributed by atoms with van der Waals surface area (Å²) in [5.74, 6) is 0.0157. The fraction of sp³-hybridized carbons (Fsp3) is 0.0625. The van der Waals surface area contributed by atoms with Gasteiger partial charge in [-0.05, 0) is 36.4 Å². The average molecular weight is 287 g/mol. The van der Waals surface area contributed by atoms with Gasteiger partial charge in [0.2, 0.25) is 0 Å². The molecule has 0 aliphatic carbocycles. The van der Waals surface area contributed by atoms with Crippen LogP contribution in [0.3, 0.4) is 0 Å². The van der Waals surface area contributed by atoms with Crippen molar-refractivity contribution in [3.63, 3.8) is 0 Å². The largest absolute Gasteiger partial charge is 0.464 e. The second-order valence-electron chi connectivity index (χ2n) is 4.19. The van der Waals surface area contributed by atoms with Crippen LogP contribution in [-0.4, -0.2) is 13.1 Å². The molecular formula is C16H14FNO3. The lowest BCUT2D eigenvalue weighted by atomic mass is 10.1.